The van der Waals surface area contributed by atoms with E-state index in [1.165, 1.54) is 0 Å². The van der Waals surface area contributed by atoms with Crippen LogP contribution in [0, 0.1) is 11.8 Å². The molecule has 5 nitrogen and oxygen atoms in total. The van der Waals surface area contributed by atoms with E-state index >= 15 is 0 Å². The minimum atomic E-state index is 0.724. The first-order valence-corrected chi connectivity index (χ1v) is 5.95. The maximum Gasteiger partial charge on any atom is 0.0692 e. The Hall–Kier alpha value is -1.38. The minimum Gasteiger partial charge on any atom is -0.379 e. The van der Waals surface area contributed by atoms with Gasteiger partial charge in [0.15, 0.2) is 0 Å². The molecule has 0 spiro atoms. The van der Waals surface area contributed by atoms with Gasteiger partial charge in [0.2, 0.25) is 0 Å². The fraction of sp³-hybridized carbons (Fsp3) is 0.667. The number of rotatable bonds is 9. The van der Waals surface area contributed by atoms with Crippen LogP contribution >= 0.6 is 0 Å². The lowest BCUT2D eigenvalue weighted by atomic mass is 10.4. The highest BCUT2D eigenvalue weighted by atomic mass is 16.5. The van der Waals surface area contributed by atoms with E-state index in [9.17, 15) is 0 Å². The lowest BCUT2D eigenvalue weighted by Crippen LogP contribution is -2.22. The Morgan fingerprint density at radius 2 is 2.29 bits per heavy atom. The van der Waals surface area contributed by atoms with Crippen LogP contribution in [-0.4, -0.2) is 41.3 Å². The van der Waals surface area contributed by atoms with E-state index in [0.717, 1.165) is 45.7 Å². The monoisotopic (exact) mass is 236 g/mol. The Morgan fingerprint density at radius 1 is 1.35 bits per heavy atom. The molecule has 0 radical (unpaired) electrons. The maximum absolute atomic E-state index is 5.40. The molecule has 1 aromatic heterocycles. The Kier molecular flexibility index (Phi) is 7.90. The van der Waals surface area contributed by atoms with Crippen molar-refractivity contribution in [1.82, 2.24) is 20.3 Å². The van der Waals surface area contributed by atoms with E-state index in [4.69, 9.17) is 4.74 Å². The van der Waals surface area contributed by atoms with Gasteiger partial charge in [0.05, 0.1) is 19.4 Å². The van der Waals surface area contributed by atoms with Crippen LogP contribution in [0.1, 0.15) is 19.8 Å². The quantitative estimate of drug-likeness (QED) is 0.506. The molecule has 0 unspecified atom stereocenters. The summed E-state index contributed by atoms with van der Waals surface area (Å²) in [7, 11) is 0. The van der Waals surface area contributed by atoms with Gasteiger partial charge in [-0.15, -0.1) is 16.9 Å². The van der Waals surface area contributed by atoms with Crippen molar-refractivity contribution in [2.24, 2.45) is 0 Å². The van der Waals surface area contributed by atoms with E-state index in [1.807, 2.05) is 17.8 Å². The number of aromatic nitrogens is 3. The maximum atomic E-state index is 5.40. The summed E-state index contributed by atoms with van der Waals surface area (Å²) in [5, 5.41) is 11.0. The molecule has 1 aromatic rings. The summed E-state index contributed by atoms with van der Waals surface area (Å²) in [5.41, 5.74) is 0. The summed E-state index contributed by atoms with van der Waals surface area (Å²) in [6, 6.07) is 0. The molecule has 0 aliphatic carbocycles. The van der Waals surface area contributed by atoms with Crippen LogP contribution < -0.4 is 5.32 Å². The van der Waals surface area contributed by atoms with Crippen molar-refractivity contribution in [3.05, 3.63) is 12.4 Å². The van der Waals surface area contributed by atoms with E-state index in [-0.39, 0.29) is 0 Å². The van der Waals surface area contributed by atoms with Crippen LogP contribution in [0.15, 0.2) is 12.4 Å². The third-order valence-electron chi connectivity index (χ3n) is 2.18. The molecule has 0 aliphatic rings. The molecule has 0 bridgehead atoms. The van der Waals surface area contributed by atoms with E-state index in [1.54, 1.807) is 6.20 Å². The van der Waals surface area contributed by atoms with Gasteiger partial charge in [-0.1, -0.05) is 5.21 Å². The van der Waals surface area contributed by atoms with Crippen molar-refractivity contribution < 1.29 is 4.74 Å². The summed E-state index contributed by atoms with van der Waals surface area (Å²) in [6.45, 7) is 6.07. The van der Waals surface area contributed by atoms with Gasteiger partial charge in [-0.2, -0.15) is 0 Å². The first-order chi connectivity index (χ1) is 8.43. The van der Waals surface area contributed by atoms with E-state index in [0.29, 0.717) is 0 Å². The number of nitrogens with one attached hydrogen (secondary N) is 1. The lowest BCUT2D eigenvalue weighted by Gasteiger charge is -2.05. The molecule has 0 amide bonds. The average molecular weight is 236 g/mol. The molecule has 0 saturated heterocycles. The second kappa shape index (κ2) is 9.82. The van der Waals surface area contributed by atoms with Crippen LogP contribution in [0.2, 0.25) is 0 Å². The highest BCUT2D eigenvalue weighted by Gasteiger charge is 1.92. The Morgan fingerprint density at radius 3 is 3.06 bits per heavy atom. The predicted octanol–water partition coefficient (Wildman–Crippen LogP) is 0.688. The summed E-state index contributed by atoms with van der Waals surface area (Å²) in [5.74, 6) is 5.80. The molecule has 0 saturated carbocycles. The summed E-state index contributed by atoms with van der Waals surface area (Å²) >= 11 is 0. The molecule has 1 rings (SSSR count). The van der Waals surface area contributed by atoms with E-state index < -0.39 is 0 Å². The molecule has 5 heteroatoms. The van der Waals surface area contributed by atoms with Crippen molar-refractivity contribution in [3.63, 3.8) is 0 Å². The lowest BCUT2D eigenvalue weighted by molar-refractivity contribution is 0.141. The standard InChI is InChI=1S/C12H20N4O/c1-2-3-4-11-17-12-8-13-6-5-9-16-10-7-14-15-16/h7,10,13H,4-6,8-9,11-12H2,1H3. The number of nitrogens with zero attached hydrogens (tertiary/aromatic N) is 3. The van der Waals surface area contributed by atoms with Crippen LogP contribution in [0.5, 0.6) is 0 Å². The summed E-state index contributed by atoms with van der Waals surface area (Å²) < 4.78 is 7.23. The SMILES string of the molecule is CC#CCCOCCNCCCn1ccnn1. The van der Waals surface area contributed by atoms with Crippen molar-refractivity contribution in [2.75, 3.05) is 26.3 Å². The first-order valence-electron chi connectivity index (χ1n) is 5.95. The highest BCUT2D eigenvalue weighted by Crippen LogP contribution is 1.85. The largest absolute Gasteiger partial charge is 0.379 e. The molecule has 0 aliphatic heterocycles. The normalized spacial score (nSPS) is 9.94. The zero-order valence-corrected chi connectivity index (χ0v) is 10.4. The summed E-state index contributed by atoms with van der Waals surface area (Å²) in [4.78, 5) is 0. The van der Waals surface area contributed by atoms with Crippen molar-refractivity contribution >= 4 is 0 Å². The third-order valence-corrected chi connectivity index (χ3v) is 2.18. The molecule has 0 atom stereocenters. The van der Waals surface area contributed by atoms with Crippen molar-refractivity contribution in [3.8, 4) is 11.8 Å². The zero-order valence-electron chi connectivity index (χ0n) is 10.4. The topological polar surface area (TPSA) is 52.0 Å². The highest BCUT2D eigenvalue weighted by molar-refractivity contribution is 4.94. The number of aryl methyl sites for hydroxylation is 1. The van der Waals surface area contributed by atoms with Gasteiger partial charge in [-0.05, 0) is 19.9 Å². The van der Waals surface area contributed by atoms with Gasteiger partial charge in [0, 0.05) is 25.7 Å². The Bertz CT molecular complexity index is 326. The van der Waals surface area contributed by atoms with Crippen LogP contribution in [0.4, 0.5) is 0 Å². The smallest absolute Gasteiger partial charge is 0.0692 e. The van der Waals surface area contributed by atoms with Gasteiger partial charge < -0.3 is 10.1 Å². The van der Waals surface area contributed by atoms with Gasteiger partial charge in [0.1, 0.15) is 0 Å². The number of hydrogen-bond acceptors (Lipinski definition) is 4. The van der Waals surface area contributed by atoms with Gasteiger partial charge in [0.25, 0.3) is 0 Å². The van der Waals surface area contributed by atoms with Crippen LogP contribution in [0.25, 0.3) is 0 Å². The molecule has 0 aromatic carbocycles. The van der Waals surface area contributed by atoms with Crippen molar-refractivity contribution in [2.45, 2.75) is 26.3 Å². The Labute approximate surface area is 103 Å². The predicted molar refractivity (Wildman–Crippen MR) is 66.4 cm³/mol. The number of hydrogen-bond donors (Lipinski definition) is 1. The first kappa shape index (κ1) is 13.7. The second-order valence-electron chi connectivity index (χ2n) is 3.56. The Balaban J connectivity index is 1.79. The second-order valence-corrected chi connectivity index (χ2v) is 3.56. The molecule has 1 heterocycles. The molecular weight excluding hydrogens is 216 g/mol. The summed E-state index contributed by atoms with van der Waals surface area (Å²) in [6.07, 6.45) is 5.44. The van der Waals surface area contributed by atoms with Crippen LogP contribution in [-0.2, 0) is 11.3 Å². The van der Waals surface area contributed by atoms with Gasteiger partial charge in [-0.25, -0.2) is 0 Å². The van der Waals surface area contributed by atoms with Gasteiger partial charge in [-0.3, -0.25) is 4.68 Å². The fourth-order valence-corrected chi connectivity index (χ4v) is 1.34. The third kappa shape index (κ3) is 7.50. The van der Waals surface area contributed by atoms with Crippen LogP contribution in [0.3, 0.4) is 0 Å². The van der Waals surface area contributed by atoms with E-state index in [2.05, 4.69) is 27.5 Å². The molecule has 0 fully saturated rings. The average Bonchev–Trinajstić information content (AvgIpc) is 2.85. The fourth-order valence-electron chi connectivity index (χ4n) is 1.34. The molecule has 94 valence electrons. The van der Waals surface area contributed by atoms with Crippen molar-refractivity contribution in [1.29, 1.82) is 0 Å². The zero-order chi connectivity index (χ0) is 12.2. The molecule has 17 heavy (non-hydrogen) atoms. The van der Waals surface area contributed by atoms with Gasteiger partial charge >= 0.3 is 0 Å². The number of ether oxygens (including phenoxy) is 1. The molecular formula is C12H20N4O. The minimum absolute atomic E-state index is 0.724. The molecule has 1 N–H and O–H groups in total.